The number of hydrogen-bond acceptors (Lipinski definition) is 2. The summed E-state index contributed by atoms with van der Waals surface area (Å²) >= 11 is 3.15. The Hall–Kier alpha value is -1.39. The molecule has 0 unspecified atom stereocenters. The third kappa shape index (κ3) is 4.05. The molecule has 0 fully saturated rings. The topological polar surface area (TPSA) is 21.3 Å². The third-order valence-corrected chi connectivity index (χ3v) is 3.72. The summed E-state index contributed by atoms with van der Waals surface area (Å²) in [6.45, 7) is 1.47. The number of ether oxygens (including phenoxy) is 1. The van der Waals surface area contributed by atoms with Gasteiger partial charge in [0.1, 0.15) is 11.6 Å². The van der Waals surface area contributed by atoms with Gasteiger partial charge in [-0.2, -0.15) is 0 Å². The molecule has 0 aliphatic rings. The third-order valence-electron chi connectivity index (χ3n) is 3.08. The second kappa shape index (κ2) is 7.41. The molecule has 106 valence electrons. The maximum atomic E-state index is 13.4. The van der Waals surface area contributed by atoms with E-state index in [9.17, 15) is 4.39 Å². The smallest absolute Gasteiger partial charge is 0.137 e. The van der Waals surface area contributed by atoms with E-state index in [0.29, 0.717) is 11.0 Å². The lowest BCUT2D eigenvalue weighted by Crippen LogP contribution is -2.17. The first-order valence-electron chi connectivity index (χ1n) is 6.47. The molecule has 0 aliphatic carbocycles. The molecule has 20 heavy (non-hydrogen) atoms. The van der Waals surface area contributed by atoms with Crippen LogP contribution >= 0.6 is 15.9 Å². The minimum Gasteiger partial charge on any atom is -0.496 e. The molecule has 2 aromatic carbocycles. The van der Waals surface area contributed by atoms with Crippen LogP contribution in [0.15, 0.2) is 46.9 Å². The zero-order valence-electron chi connectivity index (χ0n) is 11.3. The van der Waals surface area contributed by atoms with Crippen LogP contribution in [0.2, 0.25) is 0 Å². The van der Waals surface area contributed by atoms with E-state index in [4.69, 9.17) is 4.74 Å². The molecule has 0 amide bonds. The van der Waals surface area contributed by atoms with Gasteiger partial charge in [0.05, 0.1) is 11.6 Å². The molecule has 0 aromatic heterocycles. The quantitative estimate of drug-likeness (QED) is 0.806. The fourth-order valence-electron chi connectivity index (χ4n) is 2.01. The maximum Gasteiger partial charge on any atom is 0.137 e. The molecule has 0 saturated carbocycles. The highest BCUT2D eigenvalue weighted by atomic mass is 79.9. The summed E-state index contributed by atoms with van der Waals surface area (Å²) in [6, 6.07) is 13.2. The minimum atomic E-state index is -0.228. The Balaban J connectivity index is 1.83. The molecule has 2 nitrogen and oxygen atoms in total. The lowest BCUT2D eigenvalue weighted by molar-refractivity contribution is 0.409. The monoisotopic (exact) mass is 337 g/mol. The molecule has 2 aromatic rings. The average molecular weight is 338 g/mol. The minimum absolute atomic E-state index is 0.228. The lowest BCUT2D eigenvalue weighted by atomic mass is 10.1. The van der Waals surface area contributed by atoms with Crippen molar-refractivity contribution in [2.45, 2.75) is 13.0 Å². The van der Waals surface area contributed by atoms with Gasteiger partial charge >= 0.3 is 0 Å². The van der Waals surface area contributed by atoms with Gasteiger partial charge in [0.2, 0.25) is 0 Å². The van der Waals surface area contributed by atoms with E-state index in [1.807, 2.05) is 24.3 Å². The van der Waals surface area contributed by atoms with Crippen LogP contribution in [0.3, 0.4) is 0 Å². The number of nitrogens with one attached hydrogen (secondary N) is 1. The second-order valence-corrected chi connectivity index (χ2v) is 5.34. The Bertz CT molecular complexity index is 574. The zero-order chi connectivity index (χ0) is 14.4. The predicted octanol–water partition coefficient (Wildman–Crippen LogP) is 3.93. The molecule has 1 N–H and O–H groups in total. The van der Waals surface area contributed by atoms with E-state index in [-0.39, 0.29) is 5.82 Å². The zero-order valence-corrected chi connectivity index (χ0v) is 12.9. The number of halogens is 2. The first-order valence-corrected chi connectivity index (χ1v) is 7.26. The summed E-state index contributed by atoms with van der Waals surface area (Å²) in [6.07, 6.45) is 0.878. The summed E-state index contributed by atoms with van der Waals surface area (Å²) in [4.78, 5) is 0. The molecule has 0 heterocycles. The van der Waals surface area contributed by atoms with Crippen LogP contribution in [0.1, 0.15) is 11.1 Å². The number of methoxy groups -OCH3 is 1. The van der Waals surface area contributed by atoms with Gasteiger partial charge in [0, 0.05) is 6.54 Å². The number of rotatable bonds is 6. The molecule has 0 radical (unpaired) electrons. The van der Waals surface area contributed by atoms with Crippen molar-refractivity contribution in [2.24, 2.45) is 0 Å². The Morgan fingerprint density at radius 1 is 1.20 bits per heavy atom. The van der Waals surface area contributed by atoms with Crippen LogP contribution in [0.25, 0.3) is 0 Å². The number of benzene rings is 2. The van der Waals surface area contributed by atoms with Gasteiger partial charge in [-0.3, -0.25) is 0 Å². The molecule has 2 rings (SSSR count). The van der Waals surface area contributed by atoms with Crippen LogP contribution in [0.4, 0.5) is 4.39 Å². The highest BCUT2D eigenvalue weighted by molar-refractivity contribution is 9.10. The largest absolute Gasteiger partial charge is 0.496 e. The Morgan fingerprint density at radius 3 is 2.75 bits per heavy atom. The Kier molecular flexibility index (Phi) is 5.56. The molecule has 4 heteroatoms. The second-order valence-electron chi connectivity index (χ2n) is 4.49. The predicted molar refractivity (Wildman–Crippen MR) is 82.5 cm³/mol. The molecule has 0 atom stereocenters. The van der Waals surface area contributed by atoms with E-state index in [2.05, 4.69) is 27.3 Å². The van der Waals surface area contributed by atoms with Gasteiger partial charge in [-0.25, -0.2) is 4.39 Å². The summed E-state index contributed by atoms with van der Waals surface area (Å²) in [5, 5.41) is 3.31. The van der Waals surface area contributed by atoms with Crippen LogP contribution < -0.4 is 10.1 Å². The van der Waals surface area contributed by atoms with Gasteiger partial charge < -0.3 is 10.1 Å². The van der Waals surface area contributed by atoms with Crippen molar-refractivity contribution in [1.29, 1.82) is 0 Å². The van der Waals surface area contributed by atoms with Gasteiger partial charge in [0.15, 0.2) is 0 Å². The molecular weight excluding hydrogens is 321 g/mol. The van der Waals surface area contributed by atoms with Gasteiger partial charge in [-0.05, 0) is 58.2 Å². The normalized spacial score (nSPS) is 10.6. The molecule has 0 aliphatic heterocycles. The molecular formula is C16H17BrFNO. The van der Waals surface area contributed by atoms with Crippen LogP contribution in [0, 0.1) is 5.82 Å². The van der Waals surface area contributed by atoms with Crippen molar-refractivity contribution in [1.82, 2.24) is 5.32 Å². The van der Waals surface area contributed by atoms with E-state index < -0.39 is 0 Å². The van der Waals surface area contributed by atoms with E-state index in [1.54, 1.807) is 19.2 Å². The van der Waals surface area contributed by atoms with E-state index in [1.165, 1.54) is 5.56 Å². The molecule has 0 bridgehead atoms. The standard InChI is InChI=1S/C16H17BrFNO/c1-20-16-5-3-2-4-13(16)8-9-19-11-12-6-7-14(17)15(18)10-12/h2-7,10,19H,8-9,11H2,1H3. The Morgan fingerprint density at radius 2 is 2.00 bits per heavy atom. The Labute approximate surface area is 127 Å². The molecule has 0 spiro atoms. The van der Waals surface area contributed by atoms with Crippen molar-refractivity contribution in [3.8, 4) is 5.75 Å². The highest BCUT2D eigenvalue weighted by Crippen LogP contribution is 2.18. The molecule has 0 saturated heterocycles. The maximum absolute atomic E-state index is 13.4. The fraction of sp³-hybridized carbons (Fsp3) is 0.250. The van der Waals surface area contributed by atoms with Crippen LogP contribution in [0.5, 0.6) is 5.75 Å². The SMILES string of the molecule is COc1ccccc1CCNCc1ccc(Br)c(F)c1. The van der Waals surface area contributed by atoms with E-state index >= 15 is 0 Å². The van der Waals surface area contributed by atoms with Gasteiger partial charge in [0.25, 0.3) is 0 Å². The van der Waals surface area contributed by atoms with Crippen molar-refractivity contribution in [2.75, 3.05) is 13.7 Å². The lowest BCUT2D eigenvalue weighted by Gasteiger charge is -2.09. The number of hydrogen-bond donors (Lipinski definition) is 1. The van der Waals surface area contributed by atoms with Crippen molar-refractivity contribution >= 4 is 15.9 Å². The van der Waals surface area contributed by atoms with Crippen molar-refractivity contribution in [3.05, 3.63) is 63.9 Å². The fourth-order valence-corrected chi connectivity index (χ4v) is 2.26. The summed E-state index contributed by atoms with van der Waals surface area (Å²) in [7, 11) is 1.68. The summed E-state index contributed by atoms with van der Waals surface area (Å²) in [5.74, 6) is 0.679. The van der Waals surface area contributed by atoms with Crippen molar-refractivity contribution in [3.63, 3.8) is 0 Å². The highest BCUT2D eigenvalue weighted by Gasteiger charge is 2.02. The van der Waals surface area contributed by atoms with Gasteiger partial charge in [-0.1, -0.05) is 24.3 Å². The first-order chi connectivity index (χ1) is 9.70. The first kappa shape index (κ1) is 15.0. The average Bonchev–Trinajstić information content (AvgIpc) is 2.47. The van der Waals surface area contributed by atoms with Crippen LogP contribution in [-0.4, -0.2) is 13.7 Å². The summed E-state index contributed by atoms with van der Waals surface area (Å²) < 4.78 is 19.2. The number of para-hydroxylation sites is 1. The van der Waals surface area contributed by atoms with Crippen LogP contribution in [-0.2, 0) is 13.0 Å². The van der Waals surface area contributed by atoms with E-state index in [0.717, 1.165) is 24.3 Å². The summed E-state index contributed by atoms with van der Waals surface area (Å²) in [5.41, 5.74) is 2.11. The van der Waals surface area contributed by atoms with Gasteiger partial charge in [-0.15, -0.1) is 0 Å². The van der Waals surface area contributed by atoms with Crippen molar-refractivity contribution < 1.29 is 9.13 Å².